The maximum Gasteiger partial charge on any atom is 0.255 e. The molecule has 2 saturated carbocycles. The van der Waals surface area contributed by atoms with Gasteiger partial charge in [0.25, 0.3) is 17.7 Å². The molecule has 2 aliphatic heterocycles. The third kappa shape index (κ3) is 9.50. The SMILES string of the molecule is C=CC(=O)N1CCN(c2cnc3[nH]cc(C(=O)NC4CC(F)(F)C4)c3n2)CC1.C=CC(=O)N1CC[C@H](Nc2cnc3[nH]cc(C(=O)NCC4CCCC4)c3n2)[C@H](OC)C1. The number of H-pyrrole nitrogens is 2. The van der Waals surface area contributed by atoms with E-state index in [1.165, 1.54) is 44.0 Å². The number of alkyl halides is 2. The lowest BCUT2D eigenvalue weighted by Gasteiger charge is -2.37. The number of fused-ring (bicyclic) bond motifs is 2. The minimum atomic E-state index is -2.69. The number of ether oxygens (including phenoxy) is 1. The van der Waals surface area contributed by atoms with Crippen molar-refractivity contribution in [2.45, 2.75) is 69.1 Å². The summed E-state index contributed by atoms with van der Waals surface area (Å²) in [6.45, 7) is 11.1. The van der Waals surface area contributed by atoms with Crippen molar-refractivity contribution in [2.24, 2.45) is 5.92 Å². The summed E-state index contributed by atoms with van der Waals surface area (Å²) in [5, 5.41) is 9.04. The van der Waals surface area contributed by atoms with Crippen LogP contribution in [0.25, 0.3) is 22.3 Å². The van der Waals surface area contributed by atoms with Crippen LogP contribution in [0.3, 0.4) is 0 Å². The number of hydrogen-bond acceptors (Lipinski definition) is 11. The Morgan fingerprint density at radius 2 is 1.49 bits per heavy atom. The Labute approximate surface area is 339 Å². The molecule has 2 aliphatic carbocycles. The van der Waals surface area contributed by atoms with Crippen LogP contribution in [-0.2, 0) is 14.3 Å². The standard InChI is InChI=1S/C22H30N6O3.C18H20F2N6O2/c1-3-19(29)28-9-8-16(17(13-28)31-2)26-18-12-24-21-20(27-18)15(11-23-21)22(30)25-10-14-6-4-5-7-14;1-2-14(27)26-5-3-25(4-6-26)13-10-22-16-15(24-13)12(9-21-16)17(28)23-11-7-18(19,20)8-11/h3,11-12,14,16-17H,1,4-10,13H2,2H3,(H,23,24)(H,25,30)(H,26,27);2,9-11H,1,3-8H2,(H,21,22)(H,23,28)/t16-,17+;/m0./s1. The normalized spacial score (nSPS) is 20.7. The maximum absolute atomic E-state index is 13.0. The molecule has 6 heterocycles. The molecule has 5 N–H and O–H groups in total. The van der Waals surface area contributed by atoms with E-state index in [2.05, 4.69) is 59.0 Å². The number of anilines is 2. The lowest BCUT2D eigenvalue weighted by atomic mass is 9.88. The first-order chi connectivity index (χ1) is 28.4. The number of amides is 4. The largest absolute Gasteiger partial charge is 0.377 e. The first-order valence-electron chi connectivity index (χ1n) is 20.0. The van der Waals surface area contributed by atoms with Crippen LogP contribution in [0.5, 0.6) is 0 Å². The molecule has 2 saturated heterocycles. The molecule has 59 heavy (non-hydrogen) atoms. The molecule has 19 heteroatoms. The number of carbonyl (C=O) groups excluding carboxylic acids is 4. The minimum Gasteiger partial charge on any atom is -0.377 e. The van der Waals surface area contributed by atoms with Crippen LogP contribution in [0.2, 0.25) is 0 Å². The van der Waals surface area contributed by atoms with Gasteiger partial charge >= 0.3 is 0 Å². The van der Waals surface area contributed by atoms with Crippen molar-refractivity contribution >= 4 is 57.6 Å². The van der Waals surface area contributed by atoms with Crippen molar-refractivity contribution in [1.29, 1.82) is 0 Å². The highest BCUT2D eigenvalue weighted by Crippen LogP contribution is 2.37. The van der Waals surface area contributed by atoms with Gasteiger partial charge in [0.05, 0.1) is 35.7 Å². The molecule has 4 fully saturated rings. The molecule has 2 atom stereocenters. The van der Waals surface area contributed by atoms with E-state index in [4.69, 9.17) is 4.74 Å². The number of rotatable bonds is 11. The van der Waals surface area contributed by atoms with Crippen LogP contribution in [0.15, 0.2) is 50.1 Å². The van der Waals surface area contributed by atoms with Crippen molar-refractivity contribution in [3.63, 3.8) is 0 Å². The van der Waals surface area contributed by atoms with E-state index >= 15 is 0 Å². The second-order valence-corrected chi connectivity index (χ2v) is 15.4. The second-order valence-electron chi connectivity index (χ2n) is 15.4. The van der Waals surface area contributed by atoms with E-state index in [0.29, 0.717) is 97.7 Å². The molecular weight excluding hydrogens is 767 g/mol. The summed E-state index contributed by atoms with van der Waals surface area (Å²) in [6, 6.07) is -0.553. The highest BCUT2D eigenvalue weighted by Gasteiger charge is 2.46. The van der Waals surface area contributed by atoms with Crippen molar-refractivity contribution in [3.8, 4) is 0 Å². The molecule has 0 aromatic carbocycles. The number of piperazine rings is 1. The molecule has 0 radical (unpaired) electrons. The minimum absolute atomic E-state index is 0.0239. The van der Waals surface area contributed by atoms with Crippen molar-refractivity contribution in [3.05, 3.63) is 61.2 Å². The Kier molecular flexibility index (Phi) is 12.5. The molecule has 4 amide bonds. The number of nitrogens with zero attached hydrogens (tertiary/aromatic N) is 7. The van der Waals surface area contributed by atoms with E-state index in [1.54, 1.807) is 35.5 Å². The van der Waals surface area contributed by atoms with E-state index in [-0.39, 0.29) is 48.3 Å². The van der Waals surface area contributed by atoms with Crippen molar-refractivity contribution in [1.82, 2.24) is 50.3 Å². The second kappa shape index (κ2) is 17.9. The number of aromatic nitrogens is 6. The monoisotopic (exact) mass is 816 g/mol. The summed E-state index contributed by atoms with van der Waals surface area (Å²) in [6.07, 6.45) is 13.7. The van der Waals surface area contributed by atoms with Gasteiger partial charge in [0.2, 0.25) is 11.8 Å². The molecule has 0 bridgehead atoms. The fourth-order valence-corrected chi connectivity index (χ4v) is 8.04. The molecule has 17 nitrogen and oxygen atoms in total. The van der Waals surface area contributed by atoms with Crippen LogP contribution in [0.1, 0.15) is 65.7 Å². The highest BCUT2D eigenvalue weighted by atomic mass is 19.3. The Hall–Kier alpha value is -5.98. The van der Waals surface area contributed by atoms with Crippen LogP contribution in [0.4, 0.5) is 20.4 Å². The highest BCUT2D eigenvalue weighted by molar-refractivity contribution is 6.05. The van der Waals surface area contributed by atoms with Gasteiger partial charge < -0.3 is 45.4 Å². The summed E-state index contributed by atoms with van der Waals surface area (Å²) in [7, 11) is 1.63. The Bertz CT molecular complexity index is 2190. The van der Waals surface area contributed by atoms with Crippen molar-refractivity contribution in [2.75, 3.05) is 63.1 Å². The summed E-state index contributed by atoms with van der Waals surface area (Å²) in [4.78, 5) is 78.1. The van der Waals surface area contributed by atoms with Gasteiger partial charge in [0.1, 0.15) is 22.7 Å². The molecular formula is C40H50F2N12O5. The van der Waals surface area contributed by atoms with Gasteiger partial charge in [-0.25, -0.2) is 28.7 Å². The summed E-state index contributed by atoms with van der Waals surface area (Å²) >= 11 is 0. The molecule has 0 unspecified atom stereocenters. The fourth-order valence-electron chi connectivity index (χ4n) is 8.04. The third-order valence-electron chi connectivity index (χ3n) is 11.5. The van der Waals surface area contributed by atoms with Crippen LogP contribution >= 0.6 is 0 Å². The number of piperidine rings is 1. The predicted molar refractivity (Wildman–Crippen MR) is 216 cm³/mol. The average Bonchev–Trinajstić information content (AvgIpc) is 4.02. The molecule has 4 aliphatic rings. The van der Waals surface area contributed by atoms with Gasteiger partial charge in [-0.15, -0.1) is 0 Å². The number of methoxy groups -OCH3 is 1. The molecule has 0 spiro atoms. The Morgan fingerprint density at radius 1 is 0.864 bits per heavy atom. The predicted octanol–water partition coefficient (Wildman–Crippen LogP) is 3.41. The first-order valence-corrected chi connectivity index (χ1v) is 20.0. The topological polar surface area (TPSA) is 206 Å². The van der Waals surface area contributed by atoms with Crippen LogP contribution in [-0.4, -0.2) is 140 Å². The average molecular weight is 817 g/mol. The van der Waals surface area contributed by atoms with Crippen LogP contribution < -0.4 is 20.9 Å². The molecule has 4 aromatic heterocycles. The number of hydrogen-bond donors (Lipinski definition) is 5. The van der Waals surface area contributed by atoms with E-state index in [9.17, 15) is 28.0 Å². The van der Waals surface area contributed by atoms with E-state index < -0.39 is 17.9 Å². The number of carbonyl (C=O) groups is 4. The zero-order valence-corrected chi connectivity index (χ0v) is 33.0. The quantitative estimate of drug-likeness (QED) is 0.139. The first kappa shape index (κ1) is 41.2. The summed E-state index contributed by atoms with van der Waals surface area (Å²) < 4.78 is 31.6. The van der Waals surface area contributed by atoms with Gasteiger partial charge in [-0.3, -0.25) is 19.2 Å². The van der Waals surface area contributed by atoms with Gasteiger partial charge in [0, 0.05) is 84.2 Å². The summed E-state index contributed by atoms with van der Waals surface area (Å²) in [5.41, 5.74) is 2.74. The van der Waals surface area contributed by atoms with Gasteiger partial charge in [-0.2, -0.15) is 0 Å². The Morgan fingerprint density at radius 3 is 2.14 bits per heavy atom. The number of likely N-dealkylation sites (tertiary alicyclic amines) is 1. The van der Waals surface area contributed by atoms with Crippen molar-refractivity contribution < 1.29 is 32.7 Å². The smallest absolute Gasteiger partial charge is 0.255 e. The molecule has 314 valence electrons. The number of nitrogens with one attached hydrogen (secondary N) is 5. The van der Waals surface area contributed by atoms with E-state index in [1.807, 2.05) is 4.90 Å². The third-order valence-corrected chi connectivity index (χ3v) is 11.5. The van der Waals surface area contributed by atoms with E-state index in [0.717, 1.165) is 0 Å². The zero-order chi connectivity index (χ0) is 41.7. The molecule has 4 aromatic rings. The summed E-state index contributed by atoms with van der Waals surface area (Å²) in [5.74, 6) is -1.72. The van der Waals surface area contributed by atoms with Crippen LogP contribution in [0, 0.1) is 5.92 Å². The zero-order valence-electron chi connectivity index (χ0n) is 33.0. The number of halogens is 2. The number of aromatic amines is 2. The lowest BCUT2D eigenvalue weighted by Crippen LogP contribution is -2.52. The maximum atomic E-state index is 13.0. The van der Waals surface area contributed by atoms with Gasteiger partial charge in [0.15, 0.2) is 11.3 Å². The van der Waals surface area contributed by atoms with Gasteiger partial charge in [-0.1, -0.05) is 26.0 Å². The van der Waals surface area contributed by atoms with Gasteiger partial charge in [-0.05, 0) is 37.3 Å². The fraction of sp³-hybridized carbons (Fsp3) is 0.500. The Balaban J connectivity index is 0.000000180. The molecule has 8 rings (SSSR count). The lowest BCUT2D eigenvalue weighted by molar-refractivity contribution is -0.129.